The molecule has 0 spiro atoms. The molecular weight excluding hydrogens is 245 g/mol. The number of benzene rings is 1. The van der Waals surface area contributed by atoms with Crippen molar-refractivity contribution in [1.82, 2.24) is 0 Å². The number of halogens is 1. The second-order valence-corrected chi connectivity index (χ2v) is 4.08. The zero-order valence-corrected chi connectivity index (χ0v) is 9.21. The van der Waals surface area contributed by atoms with Crippen molar-refractivity contribution in [2.24, 2.45) is 5.92 Å². The summed E-state index contributed by atoms with van der Waals surface area (Å²) in [4.78, 5) is 20.9. The van der Waals surface area contributed by atoms with Crippen LogP contribution in [0.1, 0.15) is 12.8 Å². The van der Waals surface area contributed by atoms with Crippen LogP contribution in [0, 0.1) is 21.8 Å². The predicted molar refractivity (Wildman–Crippen MR) is 57.8 cm³/mol. The number of hydrogen-bond acceptors (Lipinski definition) is 4. The van der Waals surface area contributed by atoms with E-state index in [4.69, 9.17) is 9.84 Å². The summed E-state index contributed by atoms with van der Waals surface area (Å²) in [6.07, 6.45) is 0.312. The Bertz CT molecular complexity index is 500. The molecule has 1 aromatic rings. The lowest BCUT2D eigenvalue weighted by atomic mass is 10.2. The molecule has 7 heteroatoms. The lowest BCUT2D eigenvalue weighted by Crippen LogP contribution is -2.29. The Hall–Kier alpha value is -2.18. The van der Waals surface area contributed by atoms with E-state index in [1.807, 2.05) is 0 Å². The molecule has 1 aliphatic rings. The van der Waals surface area contributed by atoms with Crippen molar-refractivity contribution in [3.63, 3.8) is 0 Å². The topological polar surface area (TPSA) is 89.7 Å². The standard InChI is InChI=1S/C11H10FNO5/c12-7-3-4-9(8(5-7)13(16)17)18-10(11(14)15)6-1-2-6/h3-6,10H,1-2H2,(H,14,15). The van der Waals surface area contributed by atoms with Crippen LogP contribution in [0.2, 0.25) is 0 Å². The number of rotatable bonds is 5. The van der Waals surface area contributed by atoms with Gasteiger partial charge in [-0.2, -0.15) is 0 Å². The summed E-state index contributed by atoms with van der Waals surface area (Å²) in [6.45, 7) is 0. The Morgan fingerprint density at radius 3 is 2.72 bits per heavy atom. The van der Waals surface area contributed by atoms with Crippen molar-refractivity contribution in [2.45, 2.75) is 18.9 Å². The van der Waals surface area contributed by atoms with E-state index >= 15 is 0 Å². The van der Waals surface area contributed by atoms with Gasteiger partial charge in [0, 0.05) is 5.92 Å². The van der Waals surface area contributed by atoms with Gasteiger partial charge in [-0.25, -0.2) is 9.18 Å². The number of nitrogens with zero attached hydrogens (tertiary/aromatic N) is 1. The van der Waals surface area contributed by atoms with Gasteiger partial charge < -0.3 is 9.84 Å². The molecule has 1 fully saturated rings. The summed E-state index contributed by atoms with van der Waals surface area (Å²) < 4.78 is 18.0. The van der Waals surface area contributed by atoms with Gasteiger partial charge in [0.05, 0.1) is 11.0 Å². The van der Waals surface area contributed by atoms with Gasteiger partial charge in [-0.15, -0.1) is 0 Å². The molecule has 6 nitrogen and oxygen atoms in total. The number of carboxylic acids is 1. The summed E-state index contributed by atoms with van der Waals surface area (Å²) in [5.74, 6) is -2.30. The third-order valence-electron chi connectivity index (χ3n) is 2.67. The van der Waals surface area contributed by atoms with Crippen molar-refractivity contribution < 1.29 is 24.0 Å². The first-order valence-corrected chi connectivity index (χ1v) is 5.32. The number of aliphatic carboxylic acids is 1. The maximum atomic E-state index is 12.9. The first kappa shape index (κ1) is 12.3. The van der Waals surface area contributed by atoms with E-state index in [-0.39, 0.29) is 11.7 Å². The van der Waals surface area contributed by atoms with E-state index < -0.39 is 28.5 Å². The molecule has 18 heavy (non-hydrogen) atoms. The van der Waals surface area contributed by atoms with Gasteiger partial charge >= 0.3 is 11.7 Å². The highest BCUT2D eigenvalue weighted by Crippen LogP contribution is 2.37. The zero-order chi connectivity index (χ0) is 13.3. The first-order chi connectivity index (χ1) is 8.49. The van der Waals surface area contributed by atoms with Crippen molar-refractivity contribution in [1.29, 1.82) is 0 Å². The summed E-state index contributed by atoms with van der Waals surface area (Å²) in [5.41, 5.74) is -0.568. The van der Waals surface area contributed by atoms with Gasteiger partial charge in [0.1, 0.15) is 5.82 Å². The molecule has 0 radical (unpaired) electrons. The van der Waals surface area contributed by atoms with Gasteiger partial charge in [-0.1, -0.05) is 0 Å². The van der Waals surface area contributed by atoms with Crippen LogP contribution in [0.15, 0.2) is 18.2 Å². The van der Waals surface area contributed by atoms with E-state index in [9.17, 15) is 19.3 Å². The Morgan fingerprint density at radius 1 is 1.56 bits per heavy atom. The highest BCUT2D eigenvalue weighted by atomic mass is 19.1. The molecule has 1 saturated carbocycles. The Morgan fingerprint density at radius 2 is 2.22 bits per heavy atom. The maximum Gasteiger partial charge on any atom is 0.345 e. The fourth-order valence-electron chi connectivity index (χ4n) is 1.62. The molecule has 1 aliphatic carbocycles. The number of carbonyl (C=O) groups is 1. The average molecular weight is 255 g/mol. The van der Waals surface area contributed by atoms with E-state index in [1.165, 1.54) is 0 Å². The molecule has 1 atom stereocenters. The lowest BCUT2D eigenvalue weighted by molar-refractivity contribution is -0.386. The smallest absolute Gasteiger partial charge is 0.345 e. The number of carboxylic acid groups (broad SMARTS) is 1. The summed E-state index contributed by atoms with van der Waals surface area (Å²) in [5, 5.41) is 19.7. The van der Waals surface area contributed by atoms with Crippen LogP contribution in [0.4, 0.5) is 10.1 Å². The molecule has 0 heterocycles. The van der Waals surface area contributed by atoms with Crippen LogP contribution < -0.4 is 4.74 Å². The van der Waals surface area contributed by atoms with Crippen LogP contribution in [0.5, 0.6) is 5.75 Å². The molecule has 0 aromatic heterocycles. The van der Waals surface area contributed by atoms with Crippen LogP contribution in [0.3, 0.4) is 0 Å². The molecule has 1 unspecified atom stereocenters. The Kier molecular flexibility index (Phi) is 3.14. The van der Waals surface area contributed by atoms with Crippen LogP contribution in [-0.2, 0) is 4.79 Å². The van der Waals surface area contributed by atoms with Gasteiger partial charge in [0.2, 0.25) is 0 Å². The second kappa shape index (κ2) is 4.59. The zero-order valence-electron chi connectivity index (χ0n) is 9.21. The van der Waals surface area contributed by atoms with Gasteiger partial charge in [-0.05, 0) is 25.0 Å². The second-order valence-electron chi connectivity index (χ2n) is 4.08. The third kappa shape index (κ3) is 2.55. The fraction of sp³-hybridized carbons (Fsp3) is 0.364. The van der Waals surface area contributed by atoms with Crippen molar-refractivity contribution in [3.8, 4) is 5.75 Å². The minimum atomic E-state index is -1.17. The van der Waals surface area contributed by atoms with Crippen LogP contribution >= 0.6 is 0 Å². The van der Waals surface area contributed by atoms with E-state index in [1.54, 1.807) is 0 Å². The third-order valence-corrected chi connectivity index (χ3v) is 2.67. The molecule has 96 valence electrons. The summed E-state index contributed by atoms with van der Waals surface area (Å²) >= 11 is 0. The number of nitro groups is 1. The monoisotopic (exact) mass is 255 g/mol. The van der Waals surface area contributed by atoms with E-state index in [0.717, 1.165) is 12.1 Å². The van der Waals surface area contributed by atoms with Crippen LogP contribution in [-0.4, -0.2) is 22.1 Å². The highest BCUT2D eigenvalue weighted by molar-refractivity contribution is 5.74. The molecule has 0 saturated heterocycles. The quantitative estimate of drug-likeness (QED) is 0.641. The van der Waals surface area contributed by atoms with Gasteiger partial charge in [0.15, 0.2) is 11.9 Å². The van der Waals surface area contributed by atoms with Crippen molar-refractivity contribution >= 4 is 11.7 Å². The highest BCUT2D eigenvalue weighted by Gasteiger charge is 2.39. The normalized spacial score (nSPS) is 16.1. The molecule has 1 N–H and O–H groups in total. The maximum absolute atomic E-state index is 12.9. The molecule has 0 bridgehead atoms. The largest absolute Gasteiger partial charge is 0.478 e. The number of ether oxygens (including phenoxy) is 1. The first-order valence-electron chi connectivity index (χ1n) is 5.32. The van der Waals surface area contributed by atoms with Gasteiger partial charge in [-0.3, -0.25) is 10.1 Å². The van der Waals surface area contributed by atoms with Crippen molar-refractivity contribution in [3.05, 3.63) is 34.1 Å². The summed E-state index contributed by atoms with van der Waals surface area (Å²) in [6, 6.07) is 2.78. The fourth-order valence-corrected chi connectivity index (χ4v) is 1.62. The van der Waals surface area contributed by atoms with E-state index in [0.29, 0.717) is 18.9 Å². The molecule has 1 aromatic carbocycles. The Labute approximate surface area is 101 Å². The molecular formula is C11H10FNO5. The van der Waals surface area contributed by atoms with E-state index in [2.05, 4.69) is 0 Å². The number of hydrogen-bond donors (Lipinski definition) is 1. The lowest BCUT2D eigenvalue weighted by Gasteiger charge is -2.14. The predicted octanol–water partition coefficient (Wildman–Crippen LogP) is 1.98. The van der Waals surface area contributed by atoms with Crippen molar-refractivity contribution in [2.75, 3.05) is 0 Å². The van der Waals surface area contributed by atoms with Gasteiger partial charge in [0.25, 0.3) is 0 Å². The summed E-state index contributed by atoms with van der Waals surface area (Å²) in [7, 11) is 0. The minimum Gasteiger partial charge on any atom is -0.478 e. The minimum absolute atomic E-state index is 0.132. The molecule has 0 amide bonds. The molecule has 0 aliphatic heterocycles. The molecule has 2 rings (SSSR count). The average Bonchev–Trinajstić information content (AvgIpc) is 3.10. The number of nitro benzene ring substituents is 1. The Balaban J connectivity index is 2.27. The van der Waals surface area contributed by atoms with Crippen LogP contribution in [0.25, 0.3) is 0 Å². The SMILES string of the molecule is O=C(O)C(Oc1ccc(F)cc1[N+](=O)[O-])C1CC1.